The molecule has 1 N–H and O–H groups in total. The Morgan fingerprint density at radius 3 is 2.29 bits per heavy atom. The number of rotatable bonds is 1. The minimum absolute atomic E-state index is 0.0506. The maximum absolute atomic E-state index is 13.2. The lowest BCUT2D eigenvalue weighted by Crippen LogP contribution is -2.44. The fourth-order valence-electron chi connectivity index (χ4n) is 2.44. The highest BCUT2D eigenvalue weighted by atomic mass is 79.9. The normalized spacial score (nSPS) is 21.2. The fourth-order valence-corrected chi connectivity index (χ4v) is 2.84. The summed E-state index contributed by atoms with van der Waals surface area (Å²) in [4.78, 5) is 3.93. The van der Waals surface area contributed by atoms with Gasteiger partial charge in [-0.05, 0) is 39.7 Å². The second-order valence-corrected chi connectivity index (χ2v) is 5.79. The molecule has 2 heterocycles. The van der Waals surface area contributed by atoms with E-state index in [-0.39, 0.29) is 17.0 Å². The molecule has 1 unspecified atom stereocenters. The standard InChI is InChI=1S/C14H8BrF6N3/c15-12-22-11-8(5-6-10(14(19,20)21)24(11)23-12)7-3-1-2-4-9(7)13(16,17)18/h1-6,12,23H. The molecule has 0 saturated carbocycles. The molecule has 2 aliphatic rings. The summed E-state index contributed by atoms with van der Waals surface area (Å²) in [6.45, 7) is 0. The summed E-state index contributed by atoms with van der Waals surface area (Å²) in [5.74, 6) is -0.233. The Balaban J connectivity index is 2.17. The molecule has 0 spiro atoms. The second kappa shape index (κ2) is 5.62. The van der Waals surface area contributed by atoms with Crippen molar-refractivity contribution >= 4 is 27.3 Å². The smallest absolute Gasteiger partial charge is 0.252 e. The van der Waals surface area contributed by atoms with Gasteiger partial charge >= 0.3 is 12.4 Å². The summed E-state index contributed by atoms with van der Waals surface area (Å²) in [6.07, 6.45) is -7.61. The molecule has 128 valence electrons. The van der Waals surface area contributed by atoms with E-state index in [4.69, 9.17) is 0 Å². The van der Waals surface area contributed by atoms with Crippen LogP contribution >= 0.6 is 15.9 Å². The molecule has 0 saturated heterocycles. The SMILES string of the molecule is FC(F)(F)C1=CC=C(c2ccccc2C(F)(F)F)C2=NC(Br)NN12. The number of hydrogen-bond acceptors (Lipinski definition) is 3. The van der Waals surface area contributed by atoms with Gasteiger partial charge in [0, 0.05) is 5.57 Å². The number of nitrogens with one attached hydrogen (secondary N) is 1. The van der Waals surface area contributed by atoms with E-state index in [0.717, 1.165) is 18.2 Å². The first-order valence-electron chi connectivity index (χ1n) is 6.53. The van der Waals surface area contributed by atoms with Gasteiger partial charge in [0.25, 0.3) is 0 Å². The predicted octanol–water partition coefficient (Wildman–Crippen LogP) is 4.45. The van der Waals surface area contributed by atoms with Gasteiger partial charge in [0.05, 0.1) is 5.56 Å². The maximum Gasteiger partial charge on any atom is 0.432 e. The Kier molecular flexibility index (Phi) is 3.99. The third kappa shape index (κ3) is 2.95. The Bertz CT molecular complexity index is 763. The van der Waals surface area contributed by atoms with E-state index >= 15 is 0 Å². The van der Waals surface area contributed by atoms with Gasteiger partial charge in [-0.25, -0.2) is 4.99 Å². The van der Waals surface area contributed by atoms with Crippen molar-refractivity contribution in [3.63, 3.8) is 0 Å². The van der Waals surface area contributed by atoms with Crippen molar-refractivity contribution in [3.8, 4) is 0 Å². The van der Waals surface area contributed by atoms with Crippen molar-refractivity contribution in [3.05, 3.63) is 53.2 Å². The summed E-state index contributed by atoms with van der Waals surface area (Å²) in [5.41, 5.74) is 0.112. The fraction of sp³-hybridized carbons (Fsp3) is 0.214. The minimum atomic E-state index is -4.68. The number of allylic oxidation sites excluding steroid dienone is 3. The van der Waals surface area contributed by atoms with Crippen molar-refractivity contribution < 1.29 is 26.3 Å². The number of hydrogen-bond donors (Lipinski definition) is 1. The lowest BCUT2D eigenvalue weighted by atomic mass is 9.96. The van der Waals surface area contributed by atoms with Crippen molar-refractivity contribution in [1.82, 2.24) is 10.4 Å². The monoisotopic (exact) mass is 411 g/mol. The number of fused-ring (bicyclic) bond motifs is 1. The number of hydrazine groups is 1. The highest BCUT2D eigenvalue weighted by molar-refractivity contribution is 9.09. The summed E-state index contributed by atoms with van der Waals surface area (Å²) < 4.78 is 78.8. The molecule has 2 aliphatic heterocycles. The van der Waals surface area contributed by atoms with Crippen LogP contribution in [0, 0.1) is 0 Å². The van der Waals surface area contributed by atoms with Crippen molar-refractivity contribution in [2.75, 3.05) is 0 Å². The summed E-state index contributed by atoms with van der Waals surface area (Å²) >= 11 is 3.00. The molecule has 0 aromatic heterocycles. The molecule has 1 aromatic rings. The molecule has 0 bridgehead atoms. The number of aliphatic imine (C=N–C) groups is 1. The molecule has 0 amide bonds. The van der Waals surface area contributed by atoms with E-state index < -0.39 is 28.7 Å². The molecule has 0 fully saturated rings. The summed E-state index contributed by atoms with van der Waals surface area (Å²) in [5, 5.41) is -0.236. The number of nitrogens with zero attached hydrogens (tertiary/aromatic N) is 2. The van der Waals surface area contributed by atoms with E-state index in [1.807, 2.05) is 0 Å². The van der Waals surface area contributed by atoms with Gasteiger partial charge in [0.15, 0.2) is 10.9 Å². The van der Waals surface area contributed by atoms with Crippen molar-refractivity contribution in [2.45, 2.75) is 17.4 Å². The lowest BCUT2D eigenvalue weighted by Gasteiger charge is -2.29. The van der Waals surface area contributed by atoms with Crippen LogP contribution in [0.4, 0.5) is 26.3 Å². The number of alkyl halides is 7. The Morgan fingerprint density at radius 2 is 1.67 bits per heavy atom. The van der Waals surface area contributed by atoms with Crippen LogP contribution in [0.3, 0.4) is 0 Å². The molecule has 3 nitrogen and oxygen atoms in total. The quantitative estimate of drug-likeness (QED) is 0.420. The number of halogens is 7. The maximum atomic E-state index is 13.2. The van der Waals surface area contributed by atoms with Crippen LogP contribution in [0.5, 0.6) is 0 Å². The zero-order valence-electron chi connectivity index (χ0n) is 11.6. The van der Waals surface area contributed by atoms with Crippen LogP contribution in [0.25, 0.3) is 5.57 Å². The van der Waals surface area contributed by atoms with Gasteiger partial charge in [-0.3, -0.25) is 5.01 Å². The molecule has 24 heavy (non-hydrogen) atoms. The zero-order chi connectivity index (χ0) is 17.7. The first-order valence-corrected chi connectivity index (χ1v) is 7.45. The van der Waals surface area contributed by atoms with Gasteiger partial charge < -0.3 is 0 Å². The van der Waals surface area contributed by atoms with Crippen LogP contribution in [0.2, 0.25) is 0 Å². The number of amidine groups is 1. The van der Waals surface area contributed by atoms with E-state index in [2.05, 4.69) is 26.3 Å². The Labute approximate surface area is 140 Å². The third-order valence-corrected chi connectivity index (χ3v) is 3.80. The number of benzene rings is 1. The first-order chi connectivity index (χ1) is 11.1. The van der Waals surface area contributed by atoms with Crippen LogP contribution in [0.15, 0.2) is 47.1 Å². The molecule has 1 atom stereocenters. The van der Waals surface area contributed by atoms with Gasteiger partial charge in [-0.1, -0.05) is 18.2 Å². The van der Waals surface area contributed by atoms with Gasteiger partial charge in [-0.2, -0.15) is 31.8 Å². The van der Waals surface area contributed by atoms with Gasteiger partial charge in [-0.15, -0.1) is 0 Å². The zero-order valence-corrected chi connectivity index (χ0v) is 13.2. The molecular formula is C14H8BrF6N3. The summed E-state index contributed by atoms with van der Waals surface area (Å²) in [7, 11) is 0. The van der Waals surface area contributed by atoms with Crippen molar-refractivity contribution in [1.29, 1.82) is 0 Å². The third-order valence-electron chi connectivity index (χ3n) is 3.39. The van der Waals surface area contributed by atoms with Crippen LogP contribution in [-0.4, -0.2) is 22.1 Å². The van der Waals surface area contributed by atoms with Crippen LogP contribution in [0.1, 0.15) is 11.1 Å². The summed E-state index contributed by atoms with van der Waals surface area (Å²) in [6, 6.07) is 4.67. The average molecular weight is 412 g/mol. The average Bonchev–Trinajstić information content (AvgIpc) is 2.85. The van der Waals surface area contributed by atoms with Gasteiger partial charge in [0.2, 0.25) is 0 Å². The molecule has 3 rings (SSSR count). The van der Waals surface area contributed by atoms with Crippen molar-refractivity contribution in [2.24, 2.45) is 4.99 Å². The topological polar surface area (TPSA) is 27.6 Å². The van der Waals surface area contributed by atoms with Crippen LogP contribution in [-0.2, 0) is 6.18 Å². The molecule has 1 aromatic carbocycles. The minimum Gasteiger partial charge on any atom is -0.252 e. The molecular weight excluding hydrogens is 404 g/mol. The molecule has 0 radical (unpaired) electrons. The molecule has 0 aliphatic carbocycles. The Morgan fingerprint density at radius 1 is 1.00 bits per heavy atom. The highest BCUT2D eigenvalue weighted by Gasteiger charge is 2.45. The van der Waals surface area contributed by atoms with E-state index in [0.29, 0.717) is 5.01 Å². The van der Waals surface area contributed by atoms with E-state index in [1.165, 1.54) is 18.2 Å². The highest BCUT2D eigenvalue weighted by Crippen LogP contribution is 2.40. The van der Waals surface area contributed by atoms with E-state index in [9.17, 15) is 26.3 Å². The van der Waals surface area contributed by atoms with Crippen LogP contribution < -0.4 is 5.43 Å². The van der Waals surface area contributed by atoms with Gasteiger partial charge in [0.1, 0.15) is 5.70 Å². The second-order valence-electron chi connectivity index (χ2n) is 4.93. The molecule has 10 heteroatoms. The largest absolute Gasteiger partial charge is 0.432 e. The Hall–Kier alpha value is -1.81. The predicted molar refractivity (Wildman–Crippen MR) is 78.7 cm³/mol. The van der Waals surface area contributed by atoms with E-state index in [1.54, 1.807) is 0 Å². The lowest BCUT2D eigenvalue weighted by molar-refractivity contribution is -0.137. The first kappa shape index (κ1) is 17.0.